The molecule has 1 amide bonds. The van der Waals surface area contributed by atoms with Crippen LogP contribution in [0.1, 0.15) is 21.6 Å². The molecular formula is C18H18ClN7O4S. The van der Waals surface area contributed by atoms with E-state index in [1.165, 1.54) is 12.4 Å². The van der Waals surface area contributed by atoms with Crippen molar-refractivity contribution in [2.24, 2.45) is 10.7 Å². The van der Waals surface area contributed by atoms with E-state index in [2.05, 4.69) is 30.0 Å². The van der Waals surface area contributed by atoms with Crippen molar-refractivity contribution in [3.8, 4) is 0 Å². The molecule has 0 bridgehead atoms. The van der Waals surface area contributed by atoms with Gasteiger partial charge in [0.2, 0.25) is 0 Å². The maximum atomic E-state index is 12.5. The number of aliphatic imine (C=N–C) groups is 1. The van der Waals surface area contributed by atoms with Crippen molar-refractivity contribution in [1.29, 1.82) is 0 Å². The second kappa shape index (κ2) is 9.66. The number of hydrogen-bond donors (Lipinski definition) is 6. The van der Waals surface area contributed by atoms with Gasteiger partial charge in [-0.15, -0.1) is 0 Å². The summed E-state index contributed by atoms with van der Waals surface area (Å²) in [5.41, 5.74) is 6.50. The van der Waals surface area contributed by atoms with Crippen LogP contribution in [-0.2, 0) is 0 Å². The quantitative estimate of drug-likeness (QED) is 0.223. The van der Waals surface area contributed by atoms with E-state index in [1.54, 1.807) is 25.1 Å². The molecule has 0 radical (unpaired) electrons. The Morgan fingerprint density at radius 2 is 2.23 bits per heavy atom. The number of aliphatic hydroxyl groups is 2. The molecule has 3 rings (SSSR count). The molecule has 1 atom stereocenters. The number of carbonyl (C=O) groups excluding carboxylic acids is 1. The molecule has 3 aromatic heterocycles. The average Bonchev–Trinajstić information content (AvgIpc) is 3.09. The first-order chi connectivity index (χ1) is 14.8. The fourth-order valence-corrected chi connectivity index (χ4v) is 3.48. The Balaban J connectivity index is 1.82. The average molecular weight is 464 g/mol. The molecule has 11 nitrogen and oxygen atoms in total. The van der Waals surface area contributed by atoms with Crippen LogP contribution in [0.2, 0.25) is 5.02 Å². The van der Waals surface area contributed by atoms with E-state index in [9.17, 15) is 14.7 Å². The van der Waals surface area contributed by atoms with Crippen molar-refractivity contribution in [2.75, 3.05) is 17.2 Å². The number of amidine groups is 1. The predicted molar refractivity (Wildman–Crippen MR) is 118 cm³/mol. The van der Waals surface area contributed by atoms with Gasteiger partial charge in [0.05, 0.1) is 23.5 Å². The zero-order chi connectivity index (χ0) is 22.5. The molecule has 0 saturated carbocycles. The van der Waals surface area contributed by atoms with E-state index < -0.39 is 24.3 Å². The number of pyridine rings is 2. The van der Waals surface area contributed by atoms with Crippen LogP contribution in [0, 0.1) is 6.92 Å². The van der Waals surface area contributed by atoms with Gasteiger partial charge in [0, 0.05) is 6.20 Å². The molecule has 31 heavy (non-hydrogen) atoms. The second-order valence-corrected chi connectivity index (χ2v) is 7.44. The minimum Gasteiger partial charge on any atom is -0.392 e. The molecule has 0 aromatic carbocycles. The van der Waals surface area contributed by atoms with Gasteiger partial charge >= 0.3 is 0 Å². The number of nitrogens with two attached hydrogens (primary N) is 1. The van der Waals surface area contributed by atoms with Crippen LogP contribution in [0.3, 0.4) is 0 Å². The lowest BCUT2D eigenvalue weighted by molar-refractivity contribution is 0.102. The van der Waals surface area contributed by atoms with Crippen LogP contribution < -0.4 is 21.9 Å². The maximum Gasteiger partial charge on any atom is 0.275 e. The van der Waals surface area contributed by atoms with Gasteiger partial charge in [-0.2, -0.15) is 0 Å². The van der Waals surface area contributed by atoms with Crippen molar-refractivity contribution in [1.82, 2.24) is 14.3 Å². The smallest absolute Gasteiger partial charge is 0.275 e. The Labute approximate surface area is 184 Å². The Kier molecular flexibility index (Phi) is 6.97. The lowest BCUT2D eigenvalue weighted by Gasteiger charge is -2.10. The molecular weight excluding hydrogens is 446 g/mol. The van der Waals surface area contributed by atoms with Gasteiger partial charge in [-0.3, -0.25) is 14.0 Å². The normalized spacial score (nSPS) is 12.5. The Bertz CT molecular complexity index is 1190. The zero-order valence-corrected chi connectivity index (χ0v) is 17.7. The number of nitrogens with zero attached hydrogens (tertiary/aromatic N) is 3. The summed E-state index contributed by atoms with van der Waals surface area (Å²) in [6.45, 7) is 1.06. The summed E-state index contributed by atoms with van der Waals surface area (Å²) >= 11 is 6.98. The minimum atomic E-state index is -1.44. The third-order valence-corrected chi connectivity index (χ3v) is 5.05. The third kappa shape index (κ3) is 5.24. The number of rotatable bonds is 7. The molecule has 13 heteroatoms. The van der Waals surface area contributed by atoms with Gasteiger partial charge in [-0.05, 0) is 42.2 Å². The Morgan fingerprint density at radius 3 is 2.90 bits per heavy atom. The van der Waals surface area contributed by atoms with E-state index in [0.717, 1.165) is 11.5 Å². The summed E-state index contributed by atoms with van der Waals surface area (Å²) in [6, 6.07) is 4.91. The first-order valence-corrected chi connectivity index (χ1v) is 9.99. The first-order valence-electron chi connectivity index (χ1n) is 8.79. The molecule has 0 spiro atoms. The third-order valence-electron chi connectivity index (χ3n) is 3.95. The van der Waals surface area contributed by atoms with E-state index in [4.69, 9.17) is 22.4 Å². The molecule has 0 aliphatic carbocycles. The van der Waals surface area contributed by atoms with Gasteiger partial charge in [0.1, 0.15) is 22.1 Å². The minimum absolute atomic E-state index is 0.0155. The van der Waals surface area contributed by atoms with E-state index in [1.807, 2.05) is 0 Å². The number of anilines is 3. The zero-order valence-electron chi connectivity index (χ0n) is 16.1. The van der Waals surface area contributed by atoms with Crippen LogP contribution >= 0.6 is 23.1 Å². The molecule has 3 aromatic rings. The number of carbonyl (C=O) groups is 1. The van der Waals surface area contributed by atoms with Gasteiger partial charge in [-0.1, -0.05) is 11.6 Å². The fraction of sp³-hybridized carbons (Fsp3) is 0.167. The number of amides is 1. The van der Waals surface area contributed by atoms with Gasteiger partial charge in [0.25, 0.3) is 11.5 Å². The SMILES string of the molecule is Cc1cc(Nc2s[nH]c(=O)c2C(N)=NC(O)CO)cnc1C(=O)Nc1ncccc1Cl. The van der Waals surface area contributed by atoms with Crippen LogP contribution in [0.15, 0.2) is 40.4 Å². The van der Waals surface area contributed by atoms with Gasteiger partial charge in [0.15, 0.2) is 12.0 Å². The van der Waals surface area contributed by atoms with Crippen molar-refractivity contribution >= 4 is 51.4 Å². The van der Waals surface area contributed by atoms with Crippen molar-refractivity contribution in [3.63, 3.8) is 0 Å². The topological polar surface area (TPSA) is 179 Å². The number of H-pyrrole nitrogens is 1. The highest BCUT2D eigenvalue weighted by molar-refractivity contribution is 7.10. The number of aliphatic hydroxyl groups excluding tert-OH is 2. The second-order valence-electron chi connectivity index (χ2n) is 6.22. The van der Waals surface area contributed by atoms with Crippen LogP contribution in [-0.4, -0.2) is 49.1 Å². The highest BCUT2D eigenvalue weighted by Gasteiger charge is 2.18. The maximum absolute atomic E-state index is 12.5. The summed E-state index contributed by atoms with van der Waals surface area (Å²) in [5.74, 6) is -0.496. The molecule has 1 unspecified atom stereocenters. The standard InChI is InChI=1S/C18H18ClN7O4S/c1-8-5-9(6-22-13(8)17(30)25-15-10(19)3-2-4-21-15)23-18-12(16(29)26-31-18)14(20)24-11(28)7-27/h2-6,11,23,27-28H,7H2,1H3,(H2,20,24)(H,26,29)(H,21,25,30). The van der Waals surface area contributed by atoms with Gasteiger partial charge < -0.3 is 26.6 Å². The summed E-state index contributed by atoms with van der Waals surface area (Å²) in [4.78, 5) is 36.5. The summed E-state index contributed by atoms with van der Waals surface area (Å²) in [7, 11) is 0. The van der Waals surface area contributed by atoms with Crippen molar-refractivity contribution < 1.29 is 15.0 Å². The Hall–Kier alpha value is -3.32. The molecule has 3 heterocycles. The highest BCUT2D eigenvalue weighted by atomic mass is 35.5. The number of nitrogens with one attached hydrogen (secondary N) is 3. The van der Waals surface area contributed by atoms with Crippen LogP contribution in [0.4, 0.5) is 16.5 Å². The Morgan fingerprint density at radius 1 is 1.45 bits per heavy atom. The number of aryl methyl sites for hydroxylation is 1. The lowest BCUT2D eigenvalue weighted by atomic mass is 10.2. The lowest BCUT2D eigenvalue weighted by Crippen LogP contribution is -2.25. The van der Waals surface area contributed by atoms with Crippen LogP contribution in [0.5, 0.6) is 0 Å². The van der Waals surface area contributed by atoms with Crippen LogP contribution in [0.25, 0.3) is 0 Å². The number of aromatic nitrogens is 3. The van der Waals surface area contributed by atoms with Crippen molar-refractivity contribution in [3.05, 3.63) is 62.8 Å². The van der Waals surface area contributed by atoms with Crippen molar-refractivity contribution in [2.45, 2.75) is 13.2 Å². The molecule has 0 saturated heterocycles. The molecule has 0 fully saturated rings. The fourth-order valence-electron chi connectivity index (χ4n) is 2.55. The number of hydrogen-bond acceptors (Lipinski definition) is 9. The van der Waals surface area contributed by atoms with E-state index in [-0.39, 0.29) is 22.9 Å². The summed E-state index contributed by atoms with van der Waals surface area (Å²) in [6.07, 6.45) is 1.47. The number of aromatic amines is 1. The summed E-state index contributed by atoms with van der Waals surface area (Å²) < 4.78 is 2.52. The highest BCUT2D eigenvalue weighted by Crippen LogP contribution is 2.24. The molecule has 162 valence electrons. The molecule has 7 N–H and O–H groups in total. The predicted octanol–water partition coefficient (Wildman–Crippen LogP) is 1.20. The van der Waals surface area contributed by atoms with E-state index >= 15 is 0 Å². The largest absolute Gasteiger partial charge is 0.392 e. The first kappa shape index (κ1) is 22.4. The molecule has 0 aliphatic heterocycles. The van der Waals surface area contributed by atoms with Gasteiger partial charge in [-0.25, -0.2) is 15.0 Å². The molecule has 0 aliphatic rings. The monoisotopic (exact) mass is 463 g/mol. The summed E-state index contributed by atoms with van der Waals surface area (Å²) in [5, 5.41) is 24.5. The van der Waals surface area contributed by atoms with E-state index in [0.29, 0.717) is 21.3 Å². The number of halogens is 1.